The van der Waals surface area contributed by atoms with Crippen molar-refractivity contribution >= 4 is 17.0 Å². The zero-order valence-electron chi connectivity index (χ0n) is 9.98. The summed E-state index contributed by atoms with van der Waals surface area (Å²) in [5.74, 6) is 1.63. The van der Waals surface area contributed by atoms with E-state index in [-0.39, 0.29) is 0 Å². The summed E-state index contributed by atoms with van der Waals surface area (Å²) in [6, 6.07) is 0.457. The van der Waals surface area contributed by atoms with Crippen molar-refractivity contribution in [2.75, 3.05) is 5.32 Å². The van der Waals surface area contributed by atoms with E-state index in [9.17, 15) is 0 Å². The third-order valence-corrected chi connectivity index (χ3v) is 3.69. The highest BCUT2D eigenvalue weighted by molar-refractivity contribution is 5.82. The zero-order chi connectivity index (χ0) is 11.7. The molecular formula is C12H17N5. The SMILES string of the molecule is CC(Nc1ncnc2nc[nH]c12)C1CCCC1. The molecule has 2 N–H and O–H groups in total. The number of fused-ring (bicyclic) bond motifs is 1. The Morgan fingerprint density at radius 3 is 2.94 bits per heavy atom. The van der Waals surface area contributed by atoms with Gasteiger partial charge in [0.05, 0.1) is 6.33 Å². The van der Waals surface area contributed by atoms with Crippen LogP contribution in [0.15, 0.2) is 12.7 Å². The van der Waals surface area contributed by atoms with Gasteiger partial charge in [0.15, 0.2) is 11.5 Å². The monoisotopic (exact) mass is 231 g/mol. The number of rotatable bonds is 3. The number of hydrogen-bond donors (Lipinski definition) is 2. The second kappa shape index (κ2) is 4.31. The summed E-state index contributed by atoms with van der Waals surface area (Å²) in [6.07, 6.45) is 8.59. The molecule has 1 saturated carbocycles. The molecule has 5 heteroatoms. The minimum absolute atomic E-state index is 0.457. The van der Waals surface area contributed by atoms with Crippen molar-refractivity contribution in [1.29, 1.82) is 0 Å². The van der Waals surface area contributed by atoms with Crippen LogP contribution in [0, 0.1) is 5.92 Å². The third-order valence-electron chi connectivity index (χ3n) is 3.69. The second-order valence-electron chi connectivity index (χ2n) is 4.80. The number of imidazole rings is 1. The van der Waals surface area contributed by atoms with Gasteiger partial charge in [-0.1, -0.05) is 12.8 Å². The average Bonchev–Trinajstić information content (AvgIpc) is 3.00. The van der Waals surface area contributed by atoms with E-state index in [2.05, 4.69) is 32.2 Å². The fraction of sp³-hybridized carbons (Fsp3) is 0.583. The molecule has 2 aromatic heterocycles. The van der Waals surface area contributed by atoms with Crippen molar-refractivity contribution in [3.63, 3.8) is 0 Å². The van der Waals surface area contributed by atoms with Crippen LogP contribution in [0.5, 0.6) is 0 Å². The highest BCUT2D eigenvalue weighted by Gasteiger charge is 2.22. The summed E-state index contributed by atoms with van der Waals surface area (Å²) in [7, 11) is 0. The summed E-state index contributed by atoms with van der Waals surface area (Å²) in [4.78, 5) is 15.6. The van der Waals surface area contributed by atoms with Gasteiger partial charge in [-0.15, -0.1) is 0 Å². The van der Waals surface area contributed by atoms with Crippen LogP contribution in [-0.2, 0) is 0 Å². The third kappa shape index (κ3) is 1.97. The molecule has 1 fully saturated rings. The lowest BCUT2D eigenvalue weighted by Crippen LogP contribution is -2.24. The molecule has 0 bridgehead atoms. The lowest BCUT2D eigenvalue weighted by molar-refractivity contribution is 0.481. The molecule has 1 aliphatic carbocycles. The summed E-state index contributed by atoms with van der Waals surface area (Å²) >= 11 is 0. The van der Waals surface area contributed by atoms with Crippen LogP contribution in [0.25, 0.3) is 11.2 Å². The maximum Gasteiger partial charge on any atom is 0.182 e. The molecule has 1 unspecified atom stereocenters. The zero-order valence-corrected chi connectivity index (χ0v) is 9.98. The summed E-state index contributed by atoms with van der Waals surface area (Å²) in [6.45, 7) is 2.24. The number of anilines is 1. The Morgan fingerprint density at radius 1 is 1.29 bits per heavy atom. The Kier molecular flexibility index (Phi) is 2.66. The average molecular weight is 231 g/mol. The van der Waals surface area contributed by atoms with Crippen LogP contribution in [0.3, 0.4) is 0 Å². The lowest BCUT2D eigenvalue weighted by Gasteiger charge is -2.20. The first-order valence-corrected chi connectivity index (χ1v) is 6.25. The molecule has 0 saturated heterocycles. The van der Waals surface area contributed by atoms with Gasteiger partial charge in [0.25, 0.3) is 0 Å². The predicted octanol–water partition coefficient (Wildman–Crippen LogP) is 2.34. The Bertz CT molecular complexity index is 500. The Hall–Kier alpha value is -1.65. The molecule has 3 rings (SSSR count). The number of aromatic nitrogens is 4. The Labute approximate surface area is 100 Å². The van der Waals surface area contributed by atoms with Crippen LogP contribution >= 0.6 is 0 Å². The minimum Gasteiger partial charge on any atom is -0.365 e. The van der Waals surface area contributed by atoms with Gasteiger partial charge in [-0.05, 0) is 25.7 Å². The number of aromatic amines is 1. The van der Waals surface area contributed by atoms with Crippen LogP contribution in [0.2, 0.25) is 0 Å². The van der Waals surface area contributed by atoms with Gasteiger partial charge in [0, 0.05) is 6.04 Å². The van der Waals surface area contributed by atoms with Crippen molar-refractivity contribution in [3.8, 4) is 0 Å². The maximum atomic E-state index is 4.30. The van der Waals surface area contributed by atoms with Gasteiger partial charge in [-0.25, -0.2) is 15.0 Å². The highest BCUT2D eigenvalue weighted by atomic mass is 15.1. The fourth-order valence-electron chi connectivity index (χ4n) is 2.67. The normalized spacial score (nSPS) is 18.6. The molecule has 1 aliphatic rings. The van der Waals surface area contributed by atoms with Crippen molar-refractivity contribution in [2.24, 2.45) is 5.92 Å². The van der Waals surface area contributed by atoms with E-state index >= 15 is 0 Å². The van der Waals surface area contributed by atoms with E-state index < -0.39 is 0 Å². The number of nitrogens with zero attached hydrogens (tertiary/aromatic N) is 3. The molecule has 0 spiro atoms. The summed E-state index contributed by atoms with van der Waals surface area (Å²) < 4.78 is 0. The fourth-order valence-corrected chi connectivity index (χ4v) is 2.67. The molecule has 0 aromatic carbocycles. The molecule has 0 radical (unpaired) electrons. The Morgan fingerprint density at radius 2 is 2.12 bits per heavy atom. The molecular weight excluding hydrogens is 214 g/mol. The molecule has 17 heavy (non-hydrogen) atoms. The highest BCUT2D eigenvalue weighted by Crippen LogP contribution is 2.29. The largest absolute Gasteiger partial charge is 0.365 e. The molecule has 0 amide bonds. The van der Waals surface area contributed by atoms with E-state index in [0.717, 1.165) is 22.9 Å². The van der Waals surface area contributed by atoms with Crippen molar-refractivity contribution in [3.05, 3.63) is 12.7 Å². The minimum atomic E-state index is 0.457. The van der Waals surface area contributed by atoms with E-state index in [1.807, 2.05) is 0 Å². The topological polar surface area (TPSA) is 66.5 Å². The van der Waals surface area contributed by atoms with Crippen LogP contribution in [0.4, 0.5) is 5.82 Å². The van der Waals surface area contributed by atoms with Gasteiger partial charge >= 0.3 is 0 Å². The Balaban J connectivity index is 1.81. The smallest absolute Gasteiger partial charge is 0.182 e. The van der Waals surface area contributed by atoms with Crippen LogP contribution < -0.4 is 5.32 Å². The maximum absolute atomic E-state index is 4.30. The molecule has 0 aliphatic heterocycles. The first kappa shape index (κ1) is 10.5. The van der Waals surface area contributed by atoms with E-state index in [1.165, 1.54) is 25.7 Å². The second-order valence-corrected chi connectivity index (χ2v) is 4.80. The van der Waals surface area contributed by atoms with Gasteiger partial charge < -0.3 is 10.3 Å². The molecule has 1 atom stereocenters. The van der Waals surface area contributed by atoms with Crippen molar-refractivity contribution < 1.29 is 0 Å². The number of hydrogen-bond acceptors (Lipinski definition) is 4. The van der Waals surface area contributed by atoms with Gasteiger partial charge in [0.1, 0.15) is 11.8 Å². The van der Waals surface area contributed by atoms with Crippen LogP contribution in [0.1, 0.15) is 32.6 Å². The van der Waals surface area contributed by atoms with Gasteiger partial charge in [0.2, 0.25) is 0 Å². The van der Waals surface area contributed by atoms with Gasteiger partial charge in [-0.3, -0.25) is 0 Å². The van der Waals surface area contributed by atoms with E-state index in [0.29, 0.717) is 6.04 Å². The first-order chi connectivity index (χ1) is 8.34. The van der Waals surface area contributed by atoms with E-state index in [4.69, 9.17) is 0 Å². The quantitative estimate of drug-likeness (QED) is 0.851. The molecule has 5 nitrogen and oxygen atoms in total. The van der Waals surface area contributed by atoms with Crippen molar-refractivity contribution in [1.82, 2.24) is 19.9 Å². The summed E-state index contributed by atoms with van der Waals surface area (Å²) in [5, 5.41) is 3.49. The molecule has 90 valence electrons. The van der Waals surface area contributed by atoms with Gasteiger partial charge in [-0.2, -0.15) is 0 Å². The van der Waals surface area contributed by atoms with Crippen molar-refractivity contribution in [2.45, 2.75) is 38.6 Å². The summed E-state index contributed by atoms with van der Waals surface area (Å²) in [5.41, 5.74) is 1.62. The first-order valence-electron chi connectivity index (χ1n) is 6.25. The predicted molar refractivity (Wildman–Crippen MR) is 66.7 cm³/mol. The molecule has 2 aromatic rings. The lowest BCUT2D eigenvalue weighted by atomic mass is 10.00. The standard InChI is InChI=1S/C12H17N5/c1-8(9-4-2-3-5-9)17-12-10-11(14-6-13-10)15-7-16-12/h6-9H,2-5H2,1H3,(H2,13,14,15,16,17). The van der Waals surface area contributed by atoms with E-state index in [1.54, 1.807) is 12.7 Å². The number of H-pyrrole nitrogens is 1. The molecule has 2 heterocycles. The number of nitrogens with one attached hydrogen (secondary N) is 2. The van der Waals surface area contributed by atoms with Crippen LogP contribution in [-0.4, -0.2) is 26.0 Å².